The molecule has 0 unspecified atom stereocenters. The van der Waals surface area contributed by atoms with Crippen molar-refractivity contribution >= 4 is 27.3 Å². The van der Waals surface area contributed by atoms with Crippen molar-refractivity contribution in [1.82, 2.24) is 0 Å². The Hall–Kier alpha value is -3.32. The molecule has 0 saturated carbocycles. The van der Waals surface area contributed by atoms with E-state index in [9.17, 15) is 13.2 Å². The Morgan fingerprint density at radius 2 is 1.46 bits per heavy atom. The number of para-hydroxylation sites is 2. The molecule has 0 aromatic heterocycles. The molecular weight excluding hydrogens is 376 g/mol. The summed E-state index contributed by atoms with van der Waals surface area (Å²) in [4.78, 5) is 13.9. The average Bonchev–Trinajstić information content (AvgIpc) is 2.73. The molecule has 28 heavy (non-hydrogen) atoms. The Labute approximate surface area is 164 Å². The zero-order valence-electron chi connectivity index (χ0n) is 15.3. The zero-order chi connectivity index (χ0) is 20.0. The van der Waals surface area contributed by atoms with Gasteiger partial charge in [-0.3, -0.25) is 9.52 Å². The number of hydrogen-bond acceptors (Lipinski definition) is 4. The second-order valence-corrected chi connectivity index (χ2v) is 7.70. The van der Waals surface area contributed by atoms with Gasteiger partial charge in [-0.2, -0.15) is 0 Å². The number of nitrogens with one attached hydrogen (secondary N) is 1. The van der Waals surface area contributed by atoms with Crippen LogP contribution in [-0.2, 0) is 14.8 Å². The first-order valence-corrected chi connectivity index (χ1v) is 10.1. The minimum absolute atomic E-state index is 0.108. The van der Waals surface area contributed by atoms with Crippen molar-refractivity contribution in [2.45, 2.75) is 4.90 Å². The molecule has 144 valence electrons. The average molecular weight is 396 g/mol. The van der Waals surface area contributed by atoms with Crippen LogP contribution in [0.5, 0.6) is 5.75 Å². The SMILES string of the molecule is CN(C(=O)COc1ccc(S(=O)(=O)Nc2ccccc2)cc1)c1ccccc1. The molecule has 0 saturated heterocycles. The van der Waals surface area contributed by atoms with Crippen molar-refractivity contribution in [3.63, 3.8) is 0 Å². The van der Waals surface area contributed by atoms with Crippen LogP contribution in [0.3, 0.4) is 0 Å². The summed E-state index contributed by atoms with van der Waals surface area (Å²) in [6, 6.07) is 23.8. The van der Waals surface area contributed by atoms with Gasteiger partial charge in [0.2, 0.25) is 0 Å². The van der Waals surface area contributed by atoms with Crippen LogP contribution >= 0.6 is 0 Å². The number of nitrogens with zero attached hydrogens (tertiary/aromatic N) is 1. The van der Waals surface area contributed by atoms with E-state index >= 15 is 0 Å². The number of anilines is 2. The number of likely N-dealkylation sites (N-methyl/N-ethyl adjacent to an activating group) is 1. The van der Waals surface area contributed by atoms with E-state index in [0.29, 0.717) is 11.4 Å². The van der Waals surface area contributed by atoms with Gasteiger partial charge in [0, 0.05) is 18.4 Å². The molecule has 7 heteroatoms. The molecule has 3 aromatic carbocycles. The highest BCUT2D eigenvalue weighted by Crippen LogP contribution is 2.19. The van der Waals surface area contributed by atoms with E-state index in [1.807, 2.05) is 30.3 Å². The van der Waals surface area contributed by atoms with Crippen LogP contribution in [0.4, 0.5) is 11.4 Å². The maximum Gasteiger partial charge on any atom is 0.264 e. The van der Waals surface area contributed by atoms with Gasteiger partial charge in [-0.1, -0.05) is 36.4 Å². The van der Waals surface area contributed by atoms with Gasteiger partial charge in [0.25, 0.3) is 15.9 Å². The Bertz CT molecular complexity index is 1020. The molecule has 1 amide bonds. The molecule has 0 aliphatic rings. The third-order valence-corrected chi connectivity index (χ3v) is 5.44. The van der Waals surface area contributed by atoms with E-state index in [2.05, 4.69) is 4.72 Å². The fraction of sp³-hybridized carbons (Fsp3) is 0.0952. The van der Waals surface area contributed by atoms with Crippen molar-refractivity contribution in [2.24, 2.45) is 0 Å². The molecule has 0 spiro atoms. The quantitative estimate of drug-likeness (QED) is 0.663. The Morgan fingerprint density at radius 3 is 2.07 bits per heavy atom. The highest BCUT2D eigenvalue weighted by Gasteiger charge is 2.15. The van der Waals surface area contributed by atoms with Crippen LogP contribution in [0.2, 0.25) is 0 Å². The molecule has 0 bridgehead atoms. The summed E-state index contributed by atoms with van der Waals surface area (Å²) < 4.78 is 32.8. The van der Waals surface area contributed by atoms with Gasteiger partial charge in [-0.25, -0.2) is 8.42 Å². The van der Waals surface area contributed by atoms with Crippen LogP contribution in [-0.4, -0.2) is 28.0 Å². The van der Waals surface area contributed by atoms with Gasteiger partial charge in [0.1, 0.15) is 5.75 Å². The van der Waals surface area contributed by atoms with Crippen LogP contribution in [0.1, 0.15) is 0 Å². The molecule has 0 atom stereocenters. The van der Waals surface area contributed by atoms with Crippen LogP contribution < -0.4 is 14.4 Å². The van der Waals surface area contributed by atoms with Crippen molar-refractivity contribution in [2.75, 3.05) is 23.3 Å². The first-order valence-electron chi connectivity index (χ1n) is 8.58. The predicted molar refractivity (Wildman–Crippen MR) is 109 cm³/mol. The van der Waals surface area contributed by atoms with E-state index in [1.54, 1.807) is 37.4 Å². The van der Waals surface area contributed by atoms with Gasteiger partial charge >= 0.3 is 0 Å². The molecule has 0 radical (unpaired) electrons. The number of amides is 1. The summed E-state index contributed by atoms with van der Waals surface area (Å²) in [6.07, 6.45) is 0. The Balaban J connectivity index is 1.60. The second kappa shape index (κ2) is 8.58. The number of ether oxygens (including phenoxy) is 1. The number of hydrogen-bond donors (Lipinski definition) is 1. The van der Waals surface area contributed by atoms with Crippen molar-refractivity contribution in [3.8, 4) is 5.75 Å². The summed E-state index contributed by atoms with van der Waals surface area (Å²) in [5.41, 5.74) is 1.25. The fourth-order valence-corrected chi connectivity index (χ4v) is 3.53. The molecule has 0 fully saturated rings. The molecule has 6 nitrogen and oxygen atoms in total. The van der Waals surface area contributed by atoms with E-state index in [1.165, 1.54) is 29.2 Å². The van der Waals surface area contributed by atoms with E-state index in [-0.39, 0.29) is 17.4 Å². The molecule has 3 rings (SSSR count). The van der Waals surface area contributed by atoms with Crippen molar-refractivity contribution < 1.29 is 17.9 Å². The maximum atomic E-state index is 12.4. The fourth-order valence-electron chi connectivity index (χ4n) is 2.47. The summed E-state index contributed by atoms with van der Waals surface area (Å²) >= 11 is 0. The largest absolute Gasteiger partial charge is 0.484 e. The van der Waals surface area contributed by atoms with Gasteiger partial charge < -0.3 is 9.64 Å². The molecular formula is C21H20N2O4S. The smallest absolute Gasteiger partial charge is 0.264 e. The van der Waals surface area contributed by atoms with Crippen molar-refractivity contribution in [1.29, 1.82) is 0 Å². The minimum Gasteiger partial charge on any atom is -0.484 e. The summed E-state index contributed by atoms with van der Waals surface area (Å²) in [5, 5.41) is 0. The lowest BCUT2D eigenvalue weighted by Crippen LogP contribution is -2.31. The van der Waals surface area contributed by atoms with Gasteiger partial charge in [0.05, 0.1) is 4.90 Å². The third-order valence-electron chi connectivity index (χ3n) is 4.04. The van der Waals surface area contributed by atoms with E-state index in [0.717, 1.165) is 5.69 Å². The maximum absolute atomic E-state index is 12.4. The lowest BCUT2D eigenvalue weighted by molar-refractivity contribution is -0.120. The molecule has 0 aliphatic heterocycles. The zero-order valence-corrected chi connectivity index (χ0v) is 16.1. The predicted octanol–water partition coefficient (Wildman–Crippen LogP) is 3.53. The van der Waals surface area contributed by atoms with E-state index < -0.39 is 10.0 Å². The molecule has 0 heterocycles. The number of carbonyl (C=O) groups excluding carboxylic acids is 1. The van der Waals surface area contributed by atoms with Gasteiger partial charge in [0.15, 0.2) is 6.61 Å². The highest BCUT2D eigenvalue weighted by atomic mass is 32.2. The van der Waals surface area contributed by atoms with E-state index in [4.69, 9.17) is 4.74 Å². The van der Waals surface area contributed by atoms with Crippen molar-refractivity contribution in [3.05, 3.63) is 84.9 Å². The molecule has 0 aliphatic carbocycles. The number of sulfonamides is 1. The first-order chi connectivity index (χ1) is 13.5. The topological polar surface area (TPSA) is 75.7 Å². The van der Waals surface area contributed by atoms with Crippen LogP contribution in [0, 0.1) is 0 Å². The molecule has 3 aromatic rings. The Morgan fingerprint density at radius 1 is 0.893 bits per heavy atom. The minimum atomic E-state index is -3.69. The van der Waals surface area contributed by atoms with Crippen LogP contribution in [0.15, 0.2) is 89.8 Å². The third kappa shape index (κ3) is 4.89. The van der Waals surface area contributed by atoms with Gasteiger partial charge in [-0.15, -0.1) is 0 Å². The number of benzene rings is 3. The first kappa shape index (κ1) is 19.4. The number of rotatable bonds is 7. The number of carbonyl (C=O) groups is 1. The standard InChI is InChI=1S/C21H20N2O4S/c1-23(18-10-6-3-7-11-18)21(24)16-27-19-12-14-20(15-13-19)28(25,26)22-17-8-4-2-5-9-17/h2-15,22H,16H2,1H3. The van der Waals surface area contributed by atoms with Gasteiger partial charge in [-0.05, 0) is 48.5 Å². The lowest BCUT2D eigenvalue weighted by Gasteiger charge is -2.17. The van der Waals surface area contributed by atoms with Crippen LogP contribution in [0.25, 0.3) is 0 Å². The lowest BCUT2D eigenvalue weighted by atomic mass is 10.3. The normalized spacial score (nSPS) is 10.9. The Kier molecular flexibility index (Phi) is 5.96. The summed E-state index contributed by atoms with van der Waals surface area (Å²) in [6.45, 7) is -0.153. The summed E-state index contributed by atoms with van der Waals surface area (Å²) in [5.74, 6) is 0.196. The second-order valence-electron chi connectivity index (χ2n) is 6.02. The monoisotopic (exact) mass is 396 g/mol. The summed E-state index contributed by atoms with van der Waals surface area (Å²) in [7, 11) is -2.02. The highest BCUT2D eigenvalue weighted by molar-refractivity contribution is 7.92. The molecule has 1 N–H and O–H groups in total.